The van der Waals surface area contributed by atoms with Crippen molar-refractivity contribution in [3.05, 3.63) is 0 Å². The van der Waals surface area contributed by atoms with Crippen molar-refractivity contribution < 1.29 is 9.53 Å². The van der Waals surface area contributed by atoms with Gasteiger partial charge in [0.05, 0.1) is 6.10 Å². The van der Waals surface area contributed by atoms with E-state index in [-0.39, 0.29) is 16.7 Å². The quantitative estimate of drug-likeness (QED) is 0.700. The molecule has 2 nitrogen and oxygen atoms in total. The molecule has 0 saturated heterocycles. The molecule has 2 saturated carbocycles. The van der Waals surface area contributed by atoms with Crippen LogP contribution in [-0.4, -0.2) is 18.5 Å². The first-order valence-corrected chi connectivity index (χ1v) is 6.03. The number of Topliss-reactive ketones (excluding diaryl/α,β-unsaturated/α-hetero) is 1. The van der Waals surface area contributed by atoms with E-state index in [4.69, 9.17) is 4.74 Å². The third kappa shape index (κ3) is 1.63. The predicted octanol–water partition coefficient (Wildman–Crippen LogP) is 2.81. The fourth-order valence-corrected chi connectivity index (χ4v) is 3.70. The Balaban J connectivity index is 2.16. The third-order valence-electron chi connectivity index (χ3n) is 4.25. The van der Waals surface area contributed by atoms with E-state index < -0.39 is 0 Å². The average molecular weight is 210 g/mol. The second-order valence-electron chi connectivity index (χ2n) is 6.22. The first kappa shape index (κ1) is 11.1. The summed E-state index contributed by atoms with van der Waals surface area (Å²) in [5.74, 6) is 0.742. The average Bonchev–Trinajstić information content (AvgIpc) is 2.07. The molecule has 0 heterocycles. The van der Waals surface area contributed by atoms with Gasteiger partial charge < -0.3 is 4.74 Å². The first-order valence-electron chi connectivity index (χ1n) is 6.03. The van der Waals surface area contributed by atoms with Crippen LogP contribution in [0.15, 0.2) is 0 Å². The number of carbonyl (C=O) groups excluding carboxylic acids is 1. The van der Waals surface area contributed by atoms with Gasteiger partial charge in [0, 0.05) is 24.4 Å². The highest BCUT2D eigenvalue weighted by molar-refractivity contribution is 5.84. The zero-order valence-corrected chi connectivity index (χ0v) is 10.3. The van der Waals surface area contributed by atoms with Crippen molar-refractivity contribution in [1.29, 1.82) is 0 Å². The number of fused-ring (bicyclic) bond motifs is 1. The van der Waals surface area contributed by atoms with Crippen LogP contribution >= 0.6 is 0 Å². The van der Waals surface area contributed by atoms with Crippen LogP contribution in [0.2, 0.25) is 0 Å². The van der Waals surface area contributed by atoms with E-state index in [0.29, 0.717) is 11.9 Å². The van der Waals surface area contributed by atoms with E-state index in [1.165, 1.54) is 0 Å². The van der Waals surface area contributed by atoms with Gasteiger partial charge in [0.1, 0.15) is 5.78 Å². The predicted molar refractivity (Wildman–Crippen MR) is 59.7 cm³/mol. The molecule has 86 valence electrons. The van der Waals surface area contributed by atoms with E-state index in [1.54, 1.807) is 0 Å². The summed E-state index contributed by atoms with van der Waals surface area (Å²) >= 11 is 0. The van der Waals surface area contributed by atoms with Gasteiger partial charge in [-0.2, -0.15) is 0 Å². The molecule has 0 amide bonds. The largest absolute Gasteiger partial charge is 0.378 e. The number of rotatable bonds is 2. The Hall–Kier alpha value is -0.370. The molecule has 0 bridgehead atoms. The maximum atomic E-state index is 12.0. The second-order valence-corrected chi connectivity index (χ2v) is 6.22. The van der Waals surface area contributed by atoms with Gasteiger partial charge in [0.15, 0.2) is 0 Å². The number of hydrogen-bond donors (Lipinski definition) is 0. The van der Waals surface area contributed by atoms with Crippen molar-refractivity contribution in [2.75, 3.05) is 6.61 Å². The molecule has 2 fully saturated rings. The molecule has 0 radical (unpaired) electrons. The van der Waals surface area contributed by atoms with Crippen molar-refractivity contribution in [1.82, 2.24) is 0 Å². The van der Waals surface area contributed by atoms with Crippen molar-refractivity contribution in [3.63, 3.8) is 0 Å². The molecule has 3 atom stereocenters. The molecule has 2 rings (SSSR count). The SMILES string of the molecule is CCOC1CC2C(=O)CC(C)(C)CC12C. The Kier molecular flexibility index (Phi) is 2.45. The van der Waals surface area contributed by atoms with E-state index in [1.807, 2.05) is 6.92 Å². The molecule has 0 aromatic rings. The van der Waals surface area contributed by atoms with Crippen molar-refractivity contribution in [2.24, 2.45) is 16.7 Å². The normalized spacial score (nSPS) is 43.3. The summed E-state index contributed by atoms with van der Waals surface area (Å²) in [7, 11) is 0. The molecule has 2 heteroatoms. The third-order valence-corrected chi connectivity index (χ3v) is 4.25. The second kappa shape index (κ2) is 3.31. The molecule has 3 unspecified atom stereocenters. The van der Waals surface area contributed by atoms with E-state index >= 15 is 0 Å². The lowest BCUT2D eigenvalue weighted by Crippen LogP contribution is -2.60. The zero-order valence-electron chi connectivity index (χ0n) is 10.3. The van der Waals surface area contributed by atoms with Crippen LogP contribution in [0.3, 0.4) is 0 Å². The molecular formula is C13H22O2. The van der Waals surface area contributed by atoms with E-state index in [9.17, 15) is 4.79 Å². The molecule has 0 N–H and O–H groups in total. The molecule has 0 aromatic heterocycles. The lowest BCUT2D eigenvalue weighted by atomic mass is 9.47. The van der Waals surface area contributed by atoms with Gasteiger partial charge >= 0.3 is 0 Å². The smallest absolute Gasteiger partial charge is 0.137 e. The Bertz CT molecular complexity index is 282. The highest BCUT2D eigenvalue weighted by Gasteiger charge is 2.60. The molecule has 0 aliphatic heterocycles. The Morgan fingerprint density at radius 1 is 1.40 bits per heavy atom. The Labute approximate surface area is 92.4 Å². The van der Waals surface area contributed by atoms with Gasteiger partial charge in [-0.25, -0.2) is 0 Å². The van der Waals surface area contributed by atoms with E-state index in [2.05, 4.69) is 20.8 Å². The van der Waals surface area contributed by atoms with Crippen LogP contribution in [0.5, 0.6) is 0 Å². The Morgan fingerprint density at radius 2 is 2.07 bits per heavy atom. The molecule has 0 spiro atoms. The van der Waals surface area contributed by atoms with Crippen LogP contribution in [0.1, 0.15) is 47.0 Å². The first-order chi connectivity index (χ1) is 6.89. The molecule has 2 aliphatic rings. The monoisotopic (exact) mass is 210 g/mol. The minimum atomic E-state index is 0.120. The number of carbonyl (C=O) groups is 1. The van der Waals surface area contributed by atoms with Crippen molar-refractivity contribution in [2.45, 2.75) is 53.1 Å². The summed E-state index contributed by atoms with van der Waals surface area (Å²) in [6.45, 7) is 9.44. The van der Waals surface area contributed by atoms with Crippen LogP contribution < -0.4 is 0 Å². The molecule has 0 aromatic carbocycles. The summed E-state index contributed by atoms with van der Waals surface area (Å²) in [5, 5.41) is 0. The fourth-order valence-electron chi connectivity index (χ4n) is 3.70. The van der Waals surface area contributed by atoms with Gasteiger partial charge in [0.25, 0.3) is 0 Å². The molecule has 2 aliphatic carbocycles. The van der Waals surface area contributed by atoms with Crippen LogP contribution in [0, 0.1) is 16.7 Å². The molecule has 15 heavy (non-hydrogen) atoms. The lowest BCUT2D eigenvalue weighted by Gasteiger charge is -2.59. The summed E-state index contributed by atoms with van der Waals surface area (Å²) < 4.78 is 5.74. The number of ether oxygens (including phenoxy) is 1. The summed E-state index contributed by atoms with van der Waals surface area (Å²) in [6, 6.07) is 0. The van der Waals surface area contributed by atoms with Crippen LogP contribution in [0.4, 0.5) is 0 Å². The van der Waals surface area contributed by atoms with Gasteiger partial charge in [-0.1, -0.05) is 20.8 Å². The van der Waals surface area contributed by atoms with Gasteiger partial charge in [0.2, 0.25) is 0 Å². The minimum absolute atomic E-state index is 0.120. The van der Waals surface area contributed by atoms with Gasteiger partial charge in [-0.05, 0) is 25.2 Å². The standard InChI is InChI=1S/C13H22O2/c1-5-15-11-6-9-10(14)7-12(2,3)8-13(9,11)4/h9,11H,5-8H2,1-4H3. The summed E-state index contributed by atoms with van der Waals surface area (Å²) in [4.78, 5) is 12.0. The highest BCUT2D eigenvalue weighted by Crippen LogP contribution is 2.59. The topological polar surface area (TPSA) is 26.3 Å². The van der Waals surface area contributed by atoms with Crippen LogP contribution in [0.25, 0.3) is 0 Å². The fraction of sp³-hybridized carbons (Fsp3) is 0.923. The molecular weight excluding hydrogens is 188 g/mol. The van der Waals surface area contributed by atoms with Gasteiger partial charge in [-0.3, -0.25) is 4.79 Å². The van der Waals surface area contributed by atoms with Crippen molar-refractivity contribution in [3.8, 4) is 0 Å². The van der Waals surface area contributed by atoms with Gasteiger partial charge in [-0.15, -0.1) is 0 Å². The maximum Gasteiger partial charge on any atom is 0.137 e. The number of hydrogen-bond acceptors (Lipinski definition) is 2. The number of ketones is 1. The lowest BCUT2D eigenvalue weighted by molar-refractivity contribution is -0.188. The van der Waals surface area contributed by atoms with Crippen LogP contribution in [-0.2, 0) is 9.53 Å². The minimum Gasteiger partial charge on any atom is -0.378 e. The highest BCUT2D eigenvalue weighted by atomic mass is 16.5. The summed E-state index contributed by atoms with van der Waals surface area (Å²) in [6.07, 6.45) is 3.16. The Morgan fingerprint density at radius 3 is 2.67 bits per heavy atom. The van der Waals surface area contributed by atoms with E-state index in [0.717, 1.165) is 25.9 Å². The maximum absolute atomic E-state index is 12.0. The van der Waals surface area contributed by atoms with Crippen molar-refractivity contribution >= 4 is 5.78 Å². The summed E-state index contributed by atoms with van der Waals surface area (Å²) in [5.41, 5.74) is 0.285. The zero-order chi connectivity index (χ0) is 11.3.